The molecule has 0 radical (unpaired) electrons. The van der Waals surface area contributed by atoms with Crippen molar-refractivity contribution < 1.29 is 28.2 Å². The lowest BCUT2D eigenvalue weighted by atomic mass is 9.90. The Hall–Kier alpha value is -1.34. The van der Waals surface area contributed by atoms with E-state index >= 15 is 0 Å². The zero-order valence-electron chi connectivity index (χ0n) is 23.1. The minimum atomic E-state index is -1.52. The molecule has 0 aromatic carbocycles. The van der Waals surface area contributed by atoms with Crippen LogP contribution in [0.4, 0.5) is 0 Å². The summed E-state index contributed by atoms with van der Waals surface area (Å²) in [7, 11) is -3.04. The first-order valence-electron chi connectivity index (χ1n) is 14.3. The number of rotatable bonds is 4. The molecule has 4 amide bonds. The normalized spacial score (nSPS) is 37.2. The molecule has 6 atom stereocenters. The van der Waals surface area contributed by atoms with Crippen LogP contribution < -0.4 is 0 Å². The molecule has 0 bridgehead atoms. The Labute approximate surface area is 228 Å². The van der Waals surface area contributed by atoms with Crippen molar-refractivity contribution in [3.05, 3.63) is 0 Å². The molecule has 38 heavy (non-hydrogen) atoms. The molecule has 12 heteroatoms. The van der Waals surface area contributed by atoms with Gasteiger partial charge in [-0.1, -0.05) is 25.7 Å². The average Bonchev–Trinajstić information content (AvgIpc) is 3.36. The van der Waals surface area contributed by atoms with E-state index in [9.17, 15) is 19.2 Å². The van der Waals surface area contributed by atoms with E-state index in [0.29, 0.717) is 6.42 Å². The minimum Gasteiger partial charge on any atom is -0.319 e. The maximum Gasteiger partial charge on any atom is 0.253 e. The van der Waals surface area contributed by atoms with Gasteiger partial charge in [0.05, 0.1) is 36.4 Å². The second-order valence-electron chi connectivity index (χ2n) is 11.4. The van der Waals surface area contributed by atoms with Crippen molar-refractivity contribution in [1.29, 1.82) is 0 Å². The molecule has 0 N–H and O–H groups in total. The minimum absolute atomic E-state index is 0.0328. The molecule has 5 fully saturated rings. The topological polar surface area (TPSA) is 99.7 Å². The van der Waals surface area contributed by atoms with E-state index in [1.807, 2.05) is 18.7 Å². The number of carbonyl (C=O) groups is 4. The Kier molecular flexibility index (Phi) is 8.64. The van der Waals surface area contributed by atoms with Crippen molar-refractivity contribution in [3.8, 4) is 0 Å². The van der Waals surface area contributed by atoms with Crippen LogP contribution in [-0.4, -0.2) is 78.7 Å². The van der Waals surface area contributed by atoms with Crippen LogP contribution >= 0.6 is 16.9 Å². The molecule has 0 aromatic heterocycles. The van der Waals surface area contributed by atoms with Gasteiger partial charge in [0.25, 0.3) is 16.9 Å². The summed E-state index contributed by atoms with van der Waals surface area (Å²) in [4.78, 5) is 51.1. The Balaban J connectivity index is 1.32. The first kappa shape index (κ1) is 28.2. The number of nitrogens with zero attached hydrogens (tertiary/aromatic N) is 4. The highest BCUT2D eigenvalue weighted by Crippen LogP contribution is 2.61. The number of carbonyl (C=O) groups excluding carboxylic acids is 4. The summed E-state index contributed by atoms with van der Waals surface area (Å²) >= 11 is 0. The predicted molar refractivity (Wildman–Crippen MR) is 144 cm³/mol. The van der Waals surface area contributed by atoms with Crippen molar-refractivity contribution >= 4 is 40.5 Å². The standard InChI is InChI=1S/C26H42N4O6P2/c1-17(31)27-23-12-5-6-13-24(23)28(18(2)32)37(27)35-21-10-9-11-22(16-21)36-38-29(19(3)33)25-14-7-8-15-26(25)30(38)20(4)34/h21-26H,5-16H2,1-4H3. The van der Waals surface area contributed by atoms with Crippen LogP contribution in [0.2, 0.25) is 0 Å². The maximum absolute atomic E-state index is 12.8. The summed E-state index contributed by atoms with van der Waals surface area (Å²) in [6, 6.07) is 0.131. The molecule has 212 valence electrons. The first-order valence-corrected chi connectivity index (χ1v) is 16.6. The quantitative estimate of drug-likeness (QED) is 0.451. The number of fused-ring (bicyclic) bond motifs is 2. The van der Waals surface area contributed by atoms with Crippen molar-refractivity contribution in [1.82, 2.24) is 18.7 Å². The van der Waals surface area contributed by atoms with E-state index in [1.54, 1.807) is 27.7 Å². The van der Waals surface area contributed by atoms with Crippen LogP contribution in [0, 0.1) is 0 Å². The van der Waals surface area contributed by atoms with E-state index in [4.69, 9.17) is 9.05 Å². The predicted octanol–water partition coefficient (Wildman–Crippen LogP) is 4.83. The van der Waals surface area contributed by atoms with Crippen LogP contribution in [0.25, 0.3) is 0 Å². The van der Waals surface area contributed by atoms with Gasteiger partial charge in [-0.15, -0.1) is 0 Å². The zero-order chi connectivity index (χ0) is 27.1. The van der Waals surface area contributed by atoms with Gasteiger partial charge in [-0.25, -0.2) is 0 Å². The summed E-state index contributed by atoms with van der Waals surface area (Å²) in [5.74, 6) is -0.142. The lowest BCUT2D eigenvalue weighted by Gasteiger charge is -2.37. The molecule has 3 saturated carbocycles. The lowest BCUT2D eigenvalue weighted by Crippen LogP contribution is -2.42. The van der Waals surface area contributed by atoms with Crippen LogP contribution in [0.1, 0.15) is 105 Å². The van der Waals surface area contributed by atoms with E-state index < -0.39 is 16.9 Å². The van der Waals surface area contributed by atoms with E-state index in [-0.39, 0.29) is 60.0 Å². The zero-order valence-corrected chi connectivity index (χ0v) is 24.9. The van der Waals surface area contributed by atoms with Gasteiger partial charge < -0.3 is 9.05 Å². The highest BCUT2D eigenvalue weighted by molar-refractivity contribution is 7.49. The van der Waals surface area contributed by atoms with Gasteiger partial charge in [-0.2, -0.15) is 0 Å². The summed E-state index contributed by atoms with van der Waals surface area (Å²) in [5, 5.41) is 0. The van der Waals surface area contributed by atoms with Gasteiger partial charge in [0.2, 0.25) is 23.6 Å². The van der Waals surface area contributed by atoms with Gasteiger partial charge in [0.15, 0.2) is 0 Å². The highest BCUT2D eigenvalue weighted by Gasteiger charge is 2.54. The molecule has 2 saturated heterocycles. The monoisotopic (exact) mass is 568 g/mol. The van der Waals surface area contributed by atoms with Crippen LogP contribution in [0.15, 0.2) is 0 Å². The second kappa shape index (κ2) is 11.6. The molecule has 5 aliphatic rings. The largest absolute Gasteiger partial charge is 0.319 e. The average molecular weight is 569 g/mol. The molecule has 5 rings (SSSR count). The number of hydrogen-bond donors (Lipinski definition) is 0. The van der Waals surface area contributed by atoms with E-state index in [1.165, 1.54) is 0 Å². The maximum atomic E-state index is 12.8. The molecular formula is C26H42N4O6P2. The van der Waals surface area contributed by atoms with Crippen molar-refractivity contribution in [2.24, 2.45) is 0 Å². The van der Waals surface area contributed by atoms with Gasteiger partial charge in [0.1, 0.15) is 0 Å². The third-order valence-electron chi connectivity index (χ3n) is 8.74. The molecule has 0 spiro atoms. The summed E-state index contributed by atoms with van der Waals surface area (Å²) in [5.41, 5.74) is 0. The number of amides is 4. The molecule has 0 aromatic rings. The molecule has 10 nitrogen and oxygen atoms in total. The number of hydrogen-bond acceptors (Lipinski definition) is 6. The molecule has 2 aliphatic heterocycles. The molecular weight excluding hydrogens is 526 g/mol. The third kappa shape index (κ3) is 5.23. The fourth-order valence-electron chi connectivity index (χ4n) is 7.22. The first-order chi connectivity index (χ1) is 18.2. The molecule has 3 aliphatic carbocycles. The Morgan fingerprint density at radius 3 is 1.05 bits per heavy atom. The SMILES string of the molecule is CC(=O)N1C2CCCCC2N(C(C)=O)P1OC1CCCC(OP2N(C(C)=O)C3CCCCC3N2C(C)=O)C1. The highest BCUT2D eigenvalue weighted by atomic mass is 31.2. The van der Waals surface area contributed by atoms with Crippen LogP contribution in [0.5, 0.6) is 0 Å². The second-order valence-corrected chi connectivity index (χ2v) is 14.6. The summed E-state index contributed by atoms with van der Waals surface area (Å²) in [6.07, 6.45) is 10.7. The Morgan fingerprint density at radius 1 is 0.500 bits per heavy atom. The van der Waals surface area contributed by atoms with Gasteiger partial charge in [-0.05, 0) is 44.9 Å². The summed E-state index contributed by atoms with van der Waals surface area (Å²) < 4.78 is 20.8. The molecule has 2 heterocycles. The lowest BCUT2D eigenvalue weighted by molar-refractivity contribution is -0.127. The van der Waals surface area contributed by atoms with E-state index in [0.717, 1.165) is 70.6 Å². The van der Waals surface area contributed by atoms with Gasteiger partial charge >= 0.3 is 0 Å². The van der Waals surface area contributed by atoms with Crippen LogP contribution in [0.3, 0.4) is 0 Å². The fraction of sp³-hybridized carbons (Fsp3) is 0.846. The van der Waals surface area contributed by atoms with Gasteiger partial charge in [-0.3, -0.25) is 37.9 Å². The Bertz CT molecular complexity index is 823. The molecule has 6 unspecified atom stereocenters. The third-order valence-corrected chi connectivity index (χ3v) is 13.5. The van der Waals surface area contributed by atoms with Crippen LogP contribution in [-0.2, 0) is 28.2 Å². The van der Waals surface area contributed by atoms with Gasteiger partial charge in [0, 0.05) is 34.1 Å². The van der Waals surface area contributed by atoms with E-state index in [2.05, 4.69) is 0 Å². The summed E-state index contributed by atoms with van der Waals surface area (Å²) in [6.45, 7) is 6.32. The van der Waals surface area contributed by atoms with Crippen molar-refractivity contribution in [2.75, 3.05) is 0 Å². The van der Waals surface area contributed by atoms with Crippen molar-refractivity contribution in [2.45, 2.75) is 141 Å². The smallest absolute Gasteiger partial charge is 0.253 e. The van der Waals surface area contributed by atoms with Crippen molar-refractivity contribution in [3.63, 3.8) is 0 Å². The fourth-order valence-corrected chi connectivity index (χ4v) is 12.0. The Morgan fingerprint density at radius 2 is 0.789 bits per heavy atom.